The molecule has 2 aromatic rings. The summed E-state index contributed by atoms with van der Waals surface area (Å²) >= 11 is 0. The predicted molar refractivity (Wildman–Crippen MR) is 97.6 cm³/mol. The third-order valence-electron chi connectivity index (χ3n) is 5.24. The van der Waals surface area contributed by atoms with E-state index in [1.165, 1.54) is 5.56 Å². The zero-order chi connectivity index (χ0) is 21.9. The Balaban J connectivity index is 0.000000318. The van der Waals surface area contributed by atoms with Crippen molar-refractivity contribution in [1.29, 1.82) is 0 Å². The van der Waals surface area contributed by atoms with Crippen molar-refractivity contribution in [2.45, 2.75) is 45.3 Å². The van der Waals surface area contributed by atoms with E-state index < -0.39 is 12.1 Å². The number of hydrogen-bond donors (Lipinski definition) is 1. The monoisotopic (exact) mass is 431 g/mol. The Kier molecular flexibility index (Phi) is 6.84. The maximum absolute atomic E-state index is 10.6. The average molecular weight is 431 g/mol. The van der Waals surface area contributed by atoms with Crippen molar-refractivity contribution in [1.82, 2.24) is 15.0 Å². The van der Waals surface area contributed by atoms with Crippen LogP contribution < -0.4 is 0 Å². The number of likely N-dealkylation sites (tertiary alicyclic amines) is 1. The zero-order valence-corrected chi connectivity index (χ0v) is 16.7. The van der Waals surface area contributed by atoms with Crippen molar-refractivity contribution in [3.8, 4) is 0 Å². The molecule has 0 saturated carbocycles. The van der Waals surface area contributed by atoms with E-state index in [0.717, 1.165) is 56.5 Å². The first-order valence-corrected chi connectivity index (χ1v) is 9.47. The highest BCUT2D eigenvalue weighted by Crippen LogP contribution is 2.27. The fourth-order valence-electron chi connectivity index (χ4n) is 3.71. The summed E-state index contributed by atoms with van der Waals surface area (Å²) in [4.78, 5) is 13.8. The van der Waals surface area contributed by atoms with E-state index in [0.29, 0.717) is 6.04 Å². The standard InChI is InChI=1S/C17H23N3O3.C2HF3O2/c1-12-15(13(2)23-18-12)9-20-5-7-22-17-11-19(10-16(17)20)8-14-4-3-6-21-14;3-2(4,5)1(6)7/h3-4,6,16-17H,5,7-11H2,1-2H3;(H,6,7)/t16-,17+;/m1./s1. The van der Waals surface area contributed by atoms with Crippen LogP contribution >= 0.6 is 0 Å². The van der Waals surface area contributed by atoms with Crippen LogP contribution in [0.5, 0.6) is 0 Å². The summed E-state index contributed by atoms with van der Waals surface area (Å²) < 4.78 is 48.5. The fraction of sp³-hybridized carbons (Fsp3) is 0.579. The fourth-order valence-corrected chi connectivity index (χ4v) is 3.71. The summed E-state index contributed by atoms with van der Waals surface area (Å²) in [5, 5.41) is 11.2. The van der Waals surface area contributed by atoms with Gasteiger partial charge in [-0.05, 0) is 26.0 Å². The number of morpholine rings is 1. The SMILES string of the molecule is Cc1noc(C)c1CN1CCO[C@H]2CN(Cc3ccco3)C[C@H]21.O=C(O)C(F)(F)F. The Hall–Kier alpha value is -2.37. The molecule has 0 aliphatic carbocycles. The van der Waals surface area contributed by atoms with Gasteiger partial charge in [-0.25, -0.2) is 4.79 Å². The number of halogens is 3. The maximum atomic E-state index is 10.6. The molecule has 8 nitrogen and oxygen atoms in total. The first-order chi connectivity index (χ1) is 14.1. The molecule has 30 heavy (non-hydrogen) atoms. The normalized spacial score (nSPS) is 22.4. The highest BCUT2D eigenvalue weighted by molar-refractivity contribution is 5.73. The molecule has 2 aliphatic rings. The Morgan fingerprint density at radius 1 is 1.30 bits per heavy atom. The number of ether oxygens (including phenoxy) is 1. The molecule has 0 radical (unpaired) electrons. The van der Waals surface area contributed by atoms with Gasteiger partial charge in [0.05, 0.1) is 37.3 Å². The topological polar surface area (TPSA) is 92.2 Å². The second-order valence-electron chi connectivity index (χ2n) is 7.33. The van der Waals surface area contributed by atoms with Crippen molar-refractivity contribution in [3.05, 3.63) is 41.2 Å². The van der Waals surface area contributed by atoms with E-state index in [1.807, 2.05) is 26.0 Å². The van der Waals surface area contributed by atoms with Crippen LogP contribution in [0.3, 0.4) is 0 Å². The minimum Gasteiger partial charge on any atom is -0.475 e. The number of hydrogen-bond acceptors (Lipinski definition) is 7. The third kappa shape index (κ3) is 5.41. The van der Waals surface area contributed by atoms with Gasteiger partial charge in [0, 0.05) is 31.7 Å². The molecular formula is C19H24F3N3O5. The molecule has 2 fully saturated rings. The first-order valence-electron chi connectivity index (χ1n) is 9.47. The van der Waals surface area contributed by atoms with Crippen LogP contribution in [-0.2, 0) is 22.6 Å². The van der Waals surface area contributed by atoms with Crippen LogP contribution in [0.25, 0.3) is 0 Å². The highest BCUT2D eigenvalue weighted by Gasteiger charge is 2.40. The van der Waals surface area contributed by atoms with Gasteiger partial charge in [-0.2, -0.15) is 13.2 Å². The van der Waals surface area contributed by atoms with E-state index in [9.17, 15) is 13.2 Å². The lowest BCUT2D eigenvalue weighted by atomic mass is 10.1. The second-order valence-corrected chi connectivity index (χ2v) is 7.33. The number of rotatable bonds is 4. The third-order valence-corrected chi connectivity index (χ3v) is 5.24. The molecule has 0 aromatic carbocycles. The summed E-state index contributed by atoms with van der Waals surface area (Å²) in [6, 6.07) is 4.40. The summed E-state index contributed by atoms with van der Waals surface area (Å²) in [6.45, 7) is 9.46. The van der Waals surface area contributed by atoms with E-state index in [4.69, 9.17) is 23.6 Å². The van der Waals surface area contributed by atoms with Crippen molar-refractivity contribution < 1.29 is 36.7 Å². The lowest BCUT2D eigenvalue weighted by Crippen LogP contribution is -2.50. The van der Waals surface area contributed by atoms with E-state index >= 15 is 0 Å². The summed E-state index contributed by atoms with van der Waals surface area (Å²) in [5.41, 5.74) is 2.21. The van der Waals surface area contributed by atoms with Crippen LogP contribution in [0.1, 0.15) is 22.8 Å². The van der Waals surface area contributed by atoms with Gasteiger partial charge < -0.3 is 18.8 Å². The number of furan rings is 1. The Morgan fingerprint density at radius 3 is 2.60 bits per heavy atom. The lowest BCUT2D eigenvalue weighted by Gasteiger charge is -2.36. The molecule has 2 atom stereocenters. The van der Waals surface area contributed by atoms with Gasteiger partial charge in [0.15, 0.2) is 0 Å². The molecule has 166 valence electrons. The molecule has 0 amide bonds. The van der Waals surface area contributed by atoms with E-state index in [1.54, 1.807) is 6.26 Å². The van der Waals surface area contributed by atoms with Crippen molar-refractivity contribution in [3.63, 3.8) is 0 Å². The van der Waals surface area contributed by atoms with Crippen LogP contribution in [-0.4, -0.2) is 70.6 Å². The number of carboxylic acid groups (broad SMARTS) is 1. The number of aromatic nitrogens is 1. The number of nitrogens with zero attached hydrogens (tertiary/aromatic N) is 3. The molecule has 2 aromatic heterocycles. The zero-order valence-electron chi connectivity index (χ0n) is 16.7. The molecule has 0 spiro atoms. The van der Waals surface area contributed by atoms with Gasteiger partial charge in [-0.15, -0.1) is 0 Å². The van der Waals surface area contributed by atoms with Crippen molar-refractivity contribution in [2.75, 3.05) is 26.2 Å². The van der Waals surface area contributed by atoms with E-state index in [2.05, 4.69) is 15.0 Å². The number of alkyl halides is 3. The van der Waals surface area contributed by atoms with Crippen LogP contribution in [0.4, 0.5) is 13.2 Å². The van der Waals surface area contributed by atoms with Gasteiger partial charge >= 0.3 is 12.1 Å². The molecule has 4 heterocycles. The van der Waals surface area contributed by atoms with Gasteiger partial charge in [0.1, 0.15) is 11.5 Å². The Morgan fingerprint density at radius 2 is 2.03 bits per heavy atom. The van der Waals surface area contributed by atoms with Crippen LogP contribution in [0.15, 0.2) is 27.3 Å². The number of aryl methyl sites for hydroxylation is 2. The number of carbonyl (C=O) groups is 1. The molecule has 2 saturated heterocycles. The largest absolute Gasteiger partial charge is 0.490 e. The van der Waals surface area contributed by atoms with Gasteiger partial charge in [0.2, 0.25) is 0 Å². The van der Waals surface area contributed by atoms with Crippen molar-refractivity contribution >= 4 is 5.97 Å². The van der Waals surface area contributed by atoms with Gasteiger partial charge in [-0.3, -0.25) is 9.80 Å². The Labute approximate surface area is 171 Å². The number of fused-ring (bicyclic) bond motifs is 1. The molecule has 2 aliphatic heterocycles. The Bertz CT molecular complexity index is 818. The summed E-state index contributed by atoms with van der Waals surface area (Å²) in [6.07, 6.45) is -3.07. The second kappa shape index (κ2) is 9.19. The molecule has 11 heteroatoms. The molecule has 0 bridgehead atoms. The predicted octanol–water partition coefficient (Wildman–Crippen LogP) is 2.60. The minimum atomic E-state index is -5.08. The average Bonchev–Trinajstić information content (AvgIpc) is 3.39. The minimum absolute atomic E-state index is 0.277. The lowest BCUT2D eigenvalue weighted by molar-refractivity contribution is -0.192. The molecule has 0 unspecified atom stereocenters. The molecular weight excluding hydrogens is 407 g/mol. The van der Waals surface area contributed by atoms with E-state index in [-0.39, 0.29) is 6.10 Å². The van der Waals surface area contributed by atoms with Gasteiger partial charge in [0.25, 0.3) is 0 Å². The number of carboxylic acids is 1. The van der Waals surface area contributed by atoms with Crippen LogP contribution in [0, 0.1) is 13.8 Å². The summed E-state index contributed by atoms with van der Waals surface area (Å²) in [7, 11) is 0. The molecule has 4 rings (SSSR count). The highest BCUT2D eigenvalue weighted by atomic mass is 19.4. The molecule has 1 N–H and O–H groups in total. The number of aliphatic carboxylic acids is 1. The quantitative estimate of drug-likeness (QED) is 0.790. The smallest absolute Gasteiger partial charge is 0.475 e. The van der Waals surface area contributed by atoms with Crippen molar-refractivity contribution in [2.24, 2.45) is 0 Å². The first kappa shape index (κ1) is 22.3. The van der Waals surface area contributed by atoms with Crippen LogP contribution in [0.2, 0.25) is 0 Å². The summed E-state index contributed by atoms with van der Waals surface area (Å²) in [5.74, 6) is -0.815. The maximum Gasteiger partial charge on any atom is 0.490 e. The van der Waals surface area contributed by atoms with Gasteiger partial charge in [-0.1, -0.05) is 5.16 Å².